The lowest BCUT2D eigenvalue weighted by Crippen LogP contribution is -1.99. The van der Waals surface area contributed by atoms with Crippen LogP contribution >= 0.6 is 79.4 Å². The number of aldehydes is 1. The Hall–Kier alpha value is -4.02. The number of carboxylic acids is 3. The van der Waals surface area contributed by atoms with Gasteiger partial charge < -0.3 is 15.3 Å². The van der Waals surface area contributed by atoms with Crippen LogP contribution in [0.2, 0.25) is 0 Å². The SMILES string of the molecule is O=Cc1ccc(-c2ccc(-c3sc(-c4ccc(-c5cc(CC(=O)O)c(-c6ccc(-c7ccc(C(=O)O)s7)s6)s5)s4)cc3CC(=O)O)s2)s1. The molecule has 0 fully saturated rings. The molecule has 0 saturated carbocycles. The van der Waals surface area contributed by atoms with Gasteiger partial charge in [-0.25, -0.2) is 4.79 Å². The molecule has 0 unspecified atom stereocenters. The number of hydrogen-bond donors (Lipinski definition) is 3. The zero-order chi connectivity index (χ0) is 33.5. The summed E-state index contributed by atoms with van der Waals surface area (Å²) < 4.78 is 0. The van der Waals surface area contributed by atoms with Crippen molar-refractivity contribution in [3.05, 3.63) is 93.7 Å². The molecule has 0 aliphatic carbocycles. The first-order valence-corrected chi connectivity index (χ1v) is 19.8. The Bertz CT molecular complexity index is 2330. The fraction of sp³-hybridized carbons (Fsp3) is 0.0588. The summed E-state index contributed by atoms with van der Waals surface area (Å²) in [6.07, 6.45) is 0.601. The van der Waals surface area contributed by atoms with Gasteiger partial charge in [0.25, 0.3) is 0 Å². The zero-order valence-electron chi connectivity index (χ0n) is 24.3. The Kier molecular flexibility index (Phi) is 9.13. The maximum Gasteiger partial charge on any atom is 0.345 e. The first-order chi connectivity index (χ1) is 23.1. The van der Waals surface area contributed by atoms with E-state index in [1.807, 2.05) is 54.6 Å². The van der Waals surface area contributed by atoms with Crippen LogP contribution in [0.5, 0.6) is 0 Å². The van der Waals surface area contributed by atoms with Crippen molar-refractivity contribution in [2.75, 3.05) is 0 Å². The van der Waals surface area contributed by atoms with Crippen LogP contribution in [0, 0.1) is 0 Å². The largest absolute Gasteiger partial charge is 0.481 e. The molecule has 7 nitrogen and oxygen atoms in total. The van der Waals surface area contributed by atoms with Gasteiger partial charge in [-0.15, -0.1) is 79.4 Å². The van der Waals surface area contributed by atoms with Gasteiger partial charge in [0.1, 0.15) is 4.88 Å². The van der Waals surface area contributed by atoms with Crippen molar-refractivity contribution in [3.63, 3.8) is 0 Å². The summed E-state index contributed by atoms with van der Waals surface area (Å²) in [6, 6.07) is 22.9. The number of carbonyl (C=O) groups excluding carboxylic acids is 1. The summed E-state index contributed by atoms with van der Waals surface area (Å²) in [4.78, 5) is 58.3. The minimum atomic E-state index is -0.966. The first-order valence-electron chi connectivity index (χ1n) is 14.0. The van der Waals surface area contributed by atoms with Crippen molar-refractivity contribution in [1.29, 1.82) is 0 Å². The van der Waals surface area contributed by atoms with E-state index < -0.39 is 17.9 Å². The average molecular weight is 765 g/mol. The van der Waals surface area contributed by atoms with E-state index in [4.69, 9.17) is 0 Å². The Labute approximate surface area is 300 Å². The summed E-state index contributed by atoms with van der Waals surface area (Å²) >= 11 is 10.3. The van der Waals surface area contributed by atoms with Gasteiger partial charge in [-0.1, -0.05) is 0 Å². The number of carbonyl (C=O) groups is 4. The molecule has 7 aromatic rings. The fourth-order valence-corrected chi connectivity index (χ4v) is 12.7. The number of carboxylic acid groups (broad SMARTS) is 3. The quantitative estimate of drug-likeness (QED) is 0.106. The Morgan fingerprint density at radius 3 is 1.31 bits per heavy atom. The lowest BCUT2D eigenvalue weighted by atomic mass is 10.1. The van der Waals surface area contributed by atoms with E-state index in [1.165, 1.54) is 45.3 Å². The molecule has 7 rings (SSSR count). The zero-order valence-corrected chi connectivity index (χ0v) is 30.0. The summed E-state index contributed by atoms with van der Waals surface area (Å²) in [5.41, 5.74) is 1.45. The first kappa shape index (κ1) is 32.5. The van der Waals surface area contributed by atoms with Gasteiger partial charge in [0.15, 0.2) is 6.29 Å². The molecule has 0 amide bonds. The normalized spacial score (nSPS) is 11.2. The highest BCUT2D eigenvalue weighted by Gasteiger charge is 2.21. The lowest BCUT2D eigenvalue weighted by Gasteiger charge is -1.97. The van der Waals surface area contributed by atoms with Gasteiger partial charge >= 0.3 is 17.9 Å². The fourth-order valence-electron chi connectivity index (χ4n) is 5.03. The predicted octanol–water partition coefficient (Wildman–Crippen LogP) is 10.9. The predicted molar refractivity (Wildman–Crippen MR) is 199 cm³/mol. The minimum absolute atomic E-state index is 0.107. The summed E-state index contributed by atoms with van der Waals surface area (Å²) in [5.74, 6) is -2.80. The third kappa shape index (κ3) is 6.65. The molecule has 7 heterocycles. The number of rotatable bonds is 12. The highest BCUT2D eigenvalue weighted by atomic mass is 32.1. The highest BCUT2D eigenvalue weighted by Crippen LogP contribution is 2.49. The Morgan fingerprint density at radius 1 is 0.479 bits per heavy atom. The van der Waals surface area contributed by atoms with Crippen LogP contribution in [0.4, 0.5) is 0 Å². The molecule has 0 radical (unpaired) electrons. The molecule has 7 aromatic heterocycles. The van der Waals surface area contributed by atoms with Crippen molar-refractivity contribution in [3.8, 4) is 58.5 Å². The molecular weight excluding hydrogens is 745 g/mol. The van der Waals surface area contributed by atoms with Crippen molar-refractivity contribution in [2.24, 2.45) is 0 Å². The second kappa shape index (κ2) is 13.5. The highest BCUT2D eigenvalue weighted by molar-refractivity contribution is 7.31. The maximum atomic E-state index is 11.8. The van der Waals surface area contributed by atoms with Crippen LogP contribution in [0.25, 0.3) is 58.5 Å². The molecule has 0 aliphatic rings. The van der Waals surface area contributed by atoms with Crippen LogP contribution in [0.1, 0.15) is 30.5 Å². The molecular formula is C34H20O7S7. The van der Waals surface area contributed by atoms with Gasteiger partial charge in [-0.3, -0.25) is 14.4 Å². The molecule has 0 spiro atoms. The van der Waals surface area contributed by atoms with Gasteiger partial charge in [0, 0.05) is 58.5 Å². The monoisotopic (exact) mass is 764 g/mol. The third-order valence-electron chi connectivity index (χ3n) is 7.10. The van der Waals surface area contributed by atoms with Crippen molar-refractivity contribution >= 4 is 104 Å². The van der Waals surface area contributed by atoms with E-state index in [-0.39, 0.29) is 17.7 Å². The van der Waals surface area contributed by atoms with Crippen LogP contribution < -0.4 is 0 Å². The van der Waals surface area contributed by atoms with Crippen molar-refractivity contribution in [1.82, 2.24) is 0 Å². The summed E-state index contributed by atoms with van der Waals surface area (Å²) in [6.45, 7) is 0. The van der Waals surface area contributed by atoms with E-state index in [2.05, 4.69) is 0 Å². The topological polar surface area (TPSA) is 129 Å². The molecule has 0 bridgehead atoms. The molecule has 14 heteroatoms. The van der Waals surface area contributed by atoms with E-state index in [0.29, 0.717) is 10.4 Å². The molecule has 3 N–H and O–H groups in total. The third-order valence-corrected chi connectivity index (χ3v) is 15.9. The van der Waals surface area contributed by atoms with Gasteiger partial charge in [0.05, 0.1) is 17.7 Å². The van der Waals surface area contributed by atoms with Gasteiger partial charge in [-0.05, 0) is 83.9 Å². The van der Waals surface area contributed by atoms with E-state index in [1.54, 1.807) is 52.2 Å². The summed E-state index contributed by atoms with van der Waals surface area (Å²) in [5, 5.41) is 28.7. The molecule has 240 valence electrons. The number of hydrogen-bond acceptors (Lipinski definition) is 11. The maximum absolute atomic E-state index is 11.8. The van der Waals surface area contributed by atoms with Gasteiger partial charge in [-0.2, -0.15) is 0 Å². The summed E-state index contributed by atoms with van der Waals surface area (Å²) in [7, 11) is 0. The molecule has 0 aliphatic heterocycles. The standard InChI is InChI=1S/C34H20O7S7/c35-15-18-1-2-19(42-18)20-5-8-25(44-20)32-16(13-30(36)37)11-28(47-32)23-3-4-24(43-23)29-12-17(14-31(38)39)33(48-29)26-9-6-21(45-26)22-7-10-27(46-22)34(40)41/h1-12,15H,13-14H2,(H,36,37)(H,38,39)(H,40,41). The smallest absolute Gasteiger partial charge is 0.345 e. The Balaban J connectivity index is 1.20. The lowest BCUT2D eigenvalue weighted by molar-refractivity contribution is -0.137. The van der Waals surface area contributed by atoms with Crippen molar-refractivity contribution in [2.45, 2.75) is 12.8 Å². The Morgan fingerprint density at radius 2 is 0.875 bits per heavy atom. The van der Waals surface area contributed by atoms with Crippen LogP contribution in [0.15, 0.2) is 72.8 Å². The van der Waals surface area contributed by atoms with Crippen LogP contribution in [-0.4, -0.2) is 39.5 Å². The molecule has 48 heavy (non-hydrogen) atoms. The van der Waals surface area contributed by atoms with Crippen LogP contribution in [0.3, 0.4) is 0 Å². The number of aliphatic carboxylic acids is 2. The molecule has 0 atom stereocenters. The van der Waals surface area contributed by atoms with Crippen molar-refractivity contribution < 1.29 is 34.5 Å². The number of aromatic carboxylic acids is 1. The minimum Gasteiger partial charge on any atom is -0.481 e. The second-order valence-corrected chi connectivity index (χ2v) is 17.9. The second-order valence-electron chi connectivity index (χ2n) is 10.4. The molecule has 0 saturated heterocycles. The average Bonchev–Trinajstić information content (AvgIpc) is 3.88. The van der Waals surface area contributed by atoms with E-state index in [0.717, 1.165) is 70.4 Å². The number of thiophene rings is 7. The molecule has 0 aromatic carbocycles. The van der Waals surface area contributed by atoms with Gasteiger partial charge in [0.2, 0.25) is 0 Å². The van der Waals surface area contributed by atoms with E-state index >= 15 is 0 Å². The van der Waals surface area contributed by atoms with E-state index in [9.17, 15) is 34.5 Å². The van der Waals surface area contributed by atoms with Crippen LogP contribution in [-0.2, 0) is 22.4 Å².